The van der Waals surface area contributed by atoms with E-state index >= 15 is 0 Å². The van der Waals surface area contributed by atoms with E-state index in [4.69, 9.17) is 11.6 Å². The zero-order valence-electron chi connectivity index (χ0n) is 15.2. The molecule has 0 radical (unpaired) electrons. The highest BCUT2D eigenvalue weighted by Crippen LogP contribution is 2.41. The monoisotopic (exact) mass is 434 g/mol. The van der Waals surface area contributed by atoms with Crippen molar-refractivity contribution in [2.45, 2.75) is 24.6 Å². The van der Waals surface area contributed by atoms with Crippen molar-refractivity contribution in [3.05, 3.63) is 64.7 Å². The molecule has 8 heteroatoms. The molecule has 1 amide bonds. The highest BCUT2D eigenvalue weighted by atomic mass is 35.5. The lowest BCUT2D eigenvalue weighted by atomic mass is 10.1. The standard InChI is InChI=1S/C20H19ClN2O3S2/c1-13-4-2-3-5-16(13)23-17-11-28(25,26)12-18(17)27-20(23)22-19(24)10-14-6-8-15(21)9-7-14/h2-9,17-18H,10-12H2,1H3/t17-,18-/m0/s1. The van der Waals surface area contributed by atoms with E-state index in [1.807, 2.05) is 48.2 Å². The van der Waals surface area contributed by atoms with Crippen LogP contribution in [0.1, 0.15) is 11.1 Å². The Morgan fingerprint density at radius 3 is 2.61 bits per heavy atom. The van der Waals surface area contributed by atoms with Crippen LogP contribution in [-0.2, 0) is 21.1 Å². The first-order valence-electron chi connectivity index (χ1n) is 8.90. The fourth-order valence-corrected chi connectivity index (χ4v) is 7.65. The van der Waals surface area contributed by atoms with Gasteiger partial charge < -0.3 is 4.90 Å². The number of hydrogen-bond donors (Lipinski definition) is 0. The van der Waals surface area contributed by atoms with Gasteiger partial charge in [0.2, 0.25) is 0 Å². The van der Waals surface area contributed by atoms with Gasteiger partial charge in [0.15, 0.2) is 15.0 Å². The van der Waals surface area contributed by atoms with Crippen molar-refractivity contribution >= 4 is 50.0 Å². The van der Waals surface area contributed by atoms with Crippen molar-refractivity contribution in [3.63, 3.8) is 0 Å². The van der Waals surface area contributed by atoms with E-state index in [2.05, 4.69) is 4.99 Å². The lowest BCUT2D eigenvalue weighted by molar-refractivity contribution is -0.117. The summed E-state index contributed by atoms with van der Waals surface area (Å²) in [6, 6.07) is 14.7. The highest BCUT2D eigenvalue weighted by molar-refractivity contribution is 8.16. The number of carbonyl (C=O) groups excluding carboxylic acids is 1. The number of benzene rings is 2. The van der Waals surface area contributed by atoms with Crippen molar-refractivity contribution < 1.29 is 13.2 Å². The van der Waals surface area contributed by atoms with Crippen molar-refractivity contribution in [3.8, 4) is 0 Å². The van der Waals surface area contributed by atoms with E-state index in [-0.39, 0.29) is 35.1 Å². The number of halogens is 1. The van der Waals surface area contributed by atoms with Crippen LogP contribution in [0.25, 0.3) is 0 Å². The van der Waals surface area contributed by atoms with Gasteiger partial charge >= 0.3 is 0 Å². The normalized spacial score (nSPS) is 24.5. The summed E-state index contributed by atoms with van der Waals surface area (Å²) < 4.78 is 24.3. The summed E-state index contributed by atoms with van der Waals surface area (Å²) in [5, 5.41) is 1.10. The highest BCUT2D eigenvalue weighted by Gasteiger charge is 2.49. The lowest BCUT2D eigenvalue weighted by Gasteiger charge is -2.26. The number of thioether (sulfide) groups is 1. The molecule has 0 N–H and O–H groups in total. The molecule has 2 atom stereocenters. The quantitative estimate of drug-likeness (QED) is 0.739. The molecule has 0 saturated carbocycles. The van der Waals surface area contributed by atoms with Gasteiger partial charge in [-0.3, -0.25) is 4.79 Å². The van der Waals surface area contributed by atoms with Crippen molar-refractivity contribution in [1.82, 2.24) is 0 Å². The molecule has 0 unspecified atom stereocenters. The third kappa shape index (κ3) is 3.97. The maximum atomic E-state index is 12.6. The Hall–Kier alpha value is -1.83. The number of aliphatic imine (C=N–C) groups is 1. The van der Waals surface area contributed by atoms with Gasteiger partial charge in [0.05, 0.1) is 24.0 Å². The molecule has 2 aromatic carbocycles. The predicted molar refractivity (Wildman–Crippen MR) is 115 cm³/mol. The summed E-state index contributed by atoms with van der Waals surface area (Å²) >= 11 is 7.28. The number of rotatable bonds is 3. The van der Waals surface area contributed by atoms with Gasteiger partial charge in [-0.1, -0.05) is 53.7 Å². The number of hydrogen-bond acceptors (Lipinski definition) is 4. The van der Waals surface area contributed by atoms with E-state index in [0.717, 1.165) is 16.8 Å². The van der Waals surface area contributed by atoms with Gasteiger partial charge in [0.25, 0.3) is 5.91 Å². The summed E-state index contributed by atoms with van der Waals surface area (Å²) in [6.45, 7) is 1.98. The summed E-state index contributed by atoms with van der Waals surface area (Å²) in [6.07, 6.45) is 0.177. The second-order valence-corrected chi connectivity index (χ2v) is 10.8. The molecule has 5 nitrogen and oxygen atoms in total. The minimum absolute atomic E-state index is 0.0867. The molecular formula is C20H19ClN2O3S2. The van der Waals surface area contributed by atoms with Gasteiger partial charge in [-0.25, -0.2) is 8.42 Å². The first-order valence-corrected chi connectivity index (χ1v) is 12.0. The molecule has 2 heterocycles. The molecule has 2 saturated heterocycles. The summed E-state index contributed by atoms with van der Waals surface area (Å²) in [5.74, 6) is -0.0513. The van der Waals surface area contributed by atoms with Crippen LogP contribution >= 0.6 is 23.4 Å². The molecule has 146 valence electrons. The Balaban J connectivity index is 1.65. The smallest absolute Gasteiger partial charge is 0.252 e. The molecule has 0 spiro atoms. The minimum atomic E-state index is -3.08. The predicted octanol–water partition coefficient (Wildman–Crippen LogP) is 3.49. The average molecular weight is 435 g/mol. The average Bonchev–Trinajstić information content (AvgIpc) is 3.08. The van der Waals surface area contributed by atoms with E-state index < -0.39 is 9.84 Å². The molecular weight excluding hydrogens is 416 g/mol. The Morgan fingerprint density at radius 2 is 1.89 bits per heavy atom. The van der Waals surface area contributed by atoms with Gasteiger partial charge in [-0.05, 0) is 36.2 Å². The van der Waals surface area contributed by atoms with Crippen molar-refractivity contribution in [2.24, 2.45) is 4.99 Å². The number of aryl methyl sites for hydroxylation is 1. The van der Waals surface area contributed by atoms with Crippen molar-refractivity contribution in [1.29, 1.82) is 0 Å². The second kappa shape index (κ2) is 7.54. The molecule has 0 bridgehead atoms. The zero-order valence-corrected chi connectivity index (χ0v) is 17.6. The molecule has 2 aliphatic heterocycles. The molecule has 0 aliphatic carbocycles. The maximum Gasteiger partial charge on any atom is 0.252 e. The van der Waals surface area contributed by atoms with E-state index in [9.17, 15) is 13.2 Å². The molecule has 4 rings (SSSR count). The Morgan fingerprint density at radius 1 is 1.18 bits per heavy atom. The molecule has 0 aromatic heterocycles. The number of sulfone groups is 1. The van der Waals surface area contributed by atoms with E-state index in [0.29, 0.717) is 10.2 Å². The summed E-state index contributed by atoms with van der Waals surface area (Å²) in [4.78, 5) is 18.9. The maximum absolute atomic E-state index is 12.6. The first kappa shape index (κ1) is 19.5. The molecule has 28 heavy (non-hydrogen) atoms. The van der Waals surface area contributed by atoms with Crippen LogP contribution in [0, 0.1) is 6.92 Å². The number of para-hydroxylation sites is 1. The Kier molecular flexibility index (Phi) is 5.24. The fraction of sp³-hybridized carbons (Fsp3) is 0.300. The van der Waals surface area contributed by atoms with Gasteiger partial charge in [0.1, 0.15) is 0 Å². The van der Waals surface area contributed by atoms with E-state index in [1.165, 1.54) is 11.8 Å². The molecule has 2 fully saturated rings. The molecule has 2 aliphatic rings. The lowest BCUT2D eigenvalue weighted by Crippen LogP contribution is -2.38. The third-order valence-corrected chi connectivity index (χ3v) is 8.39. The van der Waals surface area contributed by atoms with Crippen LogP contribution in [0.3, 0.4) is 0 Å². The van der Waals surface area contributed by atoms with Gasteiger partial charge in [-0.2, -0.15) is 4.99 Å². The SMILES string of the molecule is Cc1ccccc1N1C(=NC(=O)Cc2ccc(Cl)cc2)S[C@H]2CS(=O)(=O)C[C@@H]21. The summed E-state index contributed by atoms with van der Waals surface area (Å²) in [5.41, 5.74) is 2.76. The zero-order chi connectivity index (χ0) is 19.9. The minimum Gasteiger partial charge on any atom is -0.315 e. The van der Waals surface area contributed by atoms with Crippen LogP contribution in [-0.4, -0.2) is 42.3 Å². The summed E-state index contributed by atoms with van der Waals surface area (Å²) in [7, 11) is -3.08. The second-order valence-electron chi connectivity index (χ2n) is 7.05. The Labute approximate surface area is 173 Å². The fourth-order valence-electron chi connectivity index (χ4n) is 3.60. The van der Waals surface area contributed by atoms with Crippen LogP contribution in [0.4, 0.5) is 5.69 Å². The first-order chi connectivity index (χ1) is 13.3. The largest absolute Gasteiger partial charge is 0.315 e. The van der Waals surface area contributed by atoms with E-state index in [1.54, 1.807) is 12.1 Å². The number of nitrogens with zero attached hydrogens (tertiary/aromatic N) is 2. The van der Waals surface area contributed by atoms with Crippen molar-refractivity contribution in [2.75, 3.05) is 16.4 Å². The number of amides is 1. The van der Waals surface area contributed by atoms with Crippen LogP contribution in [0.5, 0.6) is 0 Å². The van der Waals surface area contributed by atoms with Gasteiger partial charge in [-0.15, -0.1) is 0 Å². The number of amidine groups is 1. The van der Waals surface area contributed by atoms with Crippen LogP contribution in [0.15, 0.2) is 53.5 Å². The number of fused-ring (bicyclic) bond motifs is 1. The van der Waals surface area contributed by atoms with Crippen LogP contribution < -0.4 is 4.90 Å². The number of carbonyl (C=O) groups is 1. The number of anilines is 1. The Bertz CT molecular complexity index is 1050. The molecule has 2 aromatic rings. The topological polar surface area (TPSA) is 66.8 Å². The third-order valence-electron chi connectivity index (χ3n) is 4.93. The van der Waals surface area contributed by atoms with Gasteiger partial charge in [0, 0.05) is 16.0 Å². The van der Waals surface area contributed by atoms with Crippen LogP contribution in [0.2, 0.25) is 5.02 Å².